The minimum atomic E-state index is -0.422. The Hall–Kier alpha value is -3.31. The fourth-order valence-electron chi connectivity index (χ4n) is 2.48. The van der Waals surface area contributed by atoms with Crippen molar-refractivity contribution in [2.75, 3.05) is 13.1 Å². The van der Waals surface area contributed by atoms with E-state index in [1.54, 1.807) is 12.1 Å². The second-order valence-corrected chi connectivity index (χ2v) is 6.80. The van der Waals surface area contributed by atoms with Gasteiger partial charge in [-0.05, 0) is 35.4 Å². The van der Waals surface area contributed by atoms with Crippen LogP contribution in [0.1, 0.15) is 5.01 Å². The van der Waals surface area contributed by atoms with Gasteiger partial charge in [-0.15, -0.1) is 11.3 Å². The molecule has 2 N–H and O–H groups in total. The van der Waals surface area contributed by atoms with Crippen molar-refractivity contribution in [1.82, 2.24) is 15.6 Å². The average molecular weight is 382 g/mol. The molecule has 27 heavy (non-hydrogen) atoms. The summed E-state index contributed by atoms with van der Waals surface area (Å²) in [5, 5.41) is 13.8. The molecule has 0 atom stereocenters. The third-order valence-electron chi connectivity index (χ3n) is 3.71. The summed E-state index contributed by atoms with van der Waals surface area (Å²) in [7, 11) is 0. The first-order valence-corrected chi connectivity index (χ1v) is 8.92. The molecule has 2 aromatic carbocycles. The zero-order valence-corrected chi connectivity index (χ0v) is 15.0. The van der Waals surface area contributed by atoms with E-state index in [2.05, 4.69) is 15.6 Å². The molecular formula is C19H15FN4O2S. The molecule has 0 radical (unpaired) electrons. The van der Waals surface area contributed by atoms with Gasteiger partial charge < -0.3 is 10.6 Å². The first kappa shape index (κ1) is 18.5. The van der Waals surface area contributed by atoms with Gasteiger partial charge in [0.05, 0.1) is 29.3 Å². The van der Waals surface area contributed by atoms with Crippen molar-refractivity contribution in [2.24, 2.45) is 0 Å². The highest BCUT2D eigenvalue weighted by atomic mass is 32.1. The Morgan fingerprint density at radius 1 is 1.11 bits per heavy atom. The van der Waals surface area contributed by atoms with Crippen LogP contribution in [0.2, 0.25) is 0 Å². The first-order valence-electron chi connectivity index (χ1n) is 8.11. The number of amides is 2. The van der Waals surface area contributed by atoms with E-state index in [1.807, 2.05) is 24.3 Å². The van der Waals surface area contributed by atoms with Crippen LogP contribution in [0.25, 0.3) is 21.3 Å². The Kier molecular flexibility index (Phi) is 5.74. The van der Waals surface area contributed by atoms with Crippen molar-refractivity contribution >= 4 is 33.4 Å². The number of nitrogens with zero attached hydrogens (tertiary/aromatic N) is 2. The van der Waals surface area contributed by atoms with Gasteiger partial charge in [-0.1, -0.05) is 18.2 Å². The molecule has 136 valence electrons. The van der Waals surface area contributed by atoms with Crippen LogP contribution in [0.3, 0.4) is 0 Å². The second-order valence-electron chi connectivity index (χ2n) is 5.69. The van der Waals surface area contributed by atoms with Crippen molar-refractivity contribution in [2.45, 2.75) is 6.42 Å². The molecule has 0 fully saturated rings. The summed E-state index contributed by atoms with van der Waals surface area (Å²) in [5.41, 5.74) is 2.33. The molecule has 0 unspecified atom stereocenters. The molecule has 0 spiro atoms. The van der Waals surface area contributed by atoms with Gasteiger partial charge in [0.25, 0.3) is 0 Å². The van der Waals surface area contributed by atoms with E-state index in [4.69, 9.17) is 5.26 Å². The fraction of sp³-hybridized carbons (Fsp3) is 0.158. The molecule has 0 aliphatic heterocycles. The topological polar surface area (TPSA) is 94.9 Å². The Balaban J connectivity index is 1.67. The number of aromatic nitrogens is 1. The second kappa shape index (κ2) is 8.38. The predicted octanol–water partition coefficient (Wildman–Crippen LogP) is 2.40. The maximum Gasteiger partial charge on any atom is 0.240 e. The molecule has 0 aliphatic rings. The molecule has 1 aromatic heterocycles. The Morgan fingerprint density at radius 2 is 1.93 bits per heavy atom. The van der Waals surface area contributed by atoms with Crippen LogP contribution >= 0.6 is 11.3 Å². The van der Waals surface area contributed by atoms with Crippen molar-refractivity contribution in [3.8, 4) is 17.2 Å². The molecule has 0 saturated heterocycles. The van der Waals surface area contributed by atoms with Gasteiger partial charge in [-0.2, -0.15) is 5.26 Å². The van der Waals surface area contributed by atoms with E-state index >= 15 is 0 Å². The number of hydrogen-bond acceptors (Lipinski definition) is 5. The molecule has 3 aromatic rings. The van der Waals surface area contributed by atoms with Crippen LogP contribution in [0.5, 0.6) is 0 Å². The number of carbonyl (C=O) groups excluding carboxylic acids is 2. The molecule has 2 amide bonds. The molecule has 1 heterocycles. The number of carbonyl (C=O) groups is 2. The molecular weight excluding hydrogens is 367 g/mol. The molecule has 0 saturated carbocycles. The fourth-order valence-corrected chi connectivity index (χ4v) is 3.42. The summed E-state index contributed by atoms with van der Waals surface area (Å²) in [5.74, 6) is -1.05. The van der Waals surface area contributed by atoms with E-state index in [-0.39, 0.29) is 31.2 Å². The highest BCUT2D eigenvalue weighted by Crippen LogP contribution is 2.28. The molecule has 3 rings (SSSR count). The quantitative estimate of drug-likeness (QED) is 0.640. The molecule has 0 aliphatic carbocycles. The minimum Gasteiger partial charge on any atom is -0.347 e. The number of nitrogens with one attached hydrogen (secondary N) is 2. The molecule has 8 heteroatoms. The number of nitriles is 1. The van der Waals surface area contributed by atoms with E-state index < -0.39 is 5.91 Å². The van der Waals surface area contributed by atoms with Crippen LogP contribution in [0.15, 0.2) is 42.5 Å². The summed E-state index contributed by atoms with van der Waals surface area (Å²) < 4.78 is 14.3. The van der Waals surface area contributed by atoms with E-state index in [1.165, 1.54) is 23.5 Å². The minimum absolute atomic E-state index is 0.0557. The standard InChI is InChI=1S/C19H15FN4O2S/c20-14-3-1-2-12(8-14)13-4-5-16-15(9-13)24-19(27-16)10-17(25)23-11-18(26)22-7-6-21/h1-5,8-9H,7,10-11H2,(H,22,26)(H,23,25). The lowest BCUT2D eigenvalue weighted by molar-refractivity contribution is -0.125. The summed E-state index contributed by atoms with van der Waals surface area (Å²) >= 11 is 1.39. The van der Waals surface area contributed by atoms with Gasteiger partial charge in [0.15, 0.2) is 0 Å². The monoisotopic (exact) mass is 382 g/mol. The number of hydrogen-bond donors (Lipinski definition) is 2. The van der Waals surface area contributed by atoms with Crippen molar-refractivity contribution in [3.63, 3.8) is 0 Å². The zero-order chi connectivity index (χ0) is 19.2. The first-order chi connectivity index (χ1) is 13.0. The van der Waals surface area contributed by atoms with Gasteiger partial charge in [0, 0.05) is 0 Å². The maximum atomic E-state index is 13.4. The van der Waals surface area contributed by atoms with Crippen LogP contribution in [-0.2, 0) is 16.0 Å². The van der Waals surface area contributed by atoms with Gasteiger partial charge >= 0.3 is 0 Å². The van der Waals surface area contributed by atoms with Gasteiger partial charge in [-0.25, -0.2) is 9.37 Å². The van der Waals surface area contributed by atoms with Crippen molar-refractivity contribution in [1.29, 1.82) is 5.26 Å². The largest absolute Gasteiger partial charge is 0.347 e. The van der Waals surface area contributed by atoms with Gasteiger partial charge in [-0.3, -0.25) is 9.59 Å². The van der Waals surface area contributed by atoms with Crippen LogP contribution in [0.4, 0.5) is 4.39 Å². The number of thiazole rings is 1. The number of halogens is 1. The maximum absolute atomic E-state index is 13.4. The highest BCUT2D eigenvalue weighted by molar-refractivity contribution is 7.18. The third kappa shape index (κ3) is 4.86. The lowest BCUT2D eigenvalue weighted by Crippen LogP contribution is -2.37. The Labute approximate surface area is 158 Å². The van der Waals surface area contributed by atoms with E-state index in [0.717, 1.165) is 21.3 Å². The smallest absolute Gasteiger partial charge is 0.240 e. The predicted molar refractivity (Wildman–Crippen MR) is 100 cm³/mol. The number of rotatable bonds is 6. The lowest BCUT2D eigenvalue weighted by Gasteiger charge is -2.03. The Bertz CT molecular complexity index is 1040. The SMILES string of the molecule is N#CCNC(=O)CNC(=O)Cc1nc2cc(-c3cccc(F)c3)ccc2s1. The van der Waals surface area contributed by atoms with E-state index in [0.29, 0.717) is 5.01 Å². The molecule has 6 nitrogen and oxygen atoms in total. The Morgan fingerprint density at radius 3 is 2.70 bits per heavy atom. The normalized spacial score (nSPS) is 10.4. The average Bonchev–Trinajstić information content (AvgIpc) is 3.06. The van der Waals surface area contributed by atoms with Gasteiger partial charge in [0.2, 0.25) is 11.8 Å². The summed E-state index contributed by atoms with van der Waals surface area (Å²) in [6, 6.07) is 13.7. The summed E-state index contributed by atoms with van der Waals surface area (Å²) in [6.45, 7) is -0.282. The zero-order valence-electron chi connectivity index (χ0n) is 14.2. The number of benzene rings is 2. The summed E-state index contributed by atoms with van der Waals surface area (Å²) in [6.07, 6.45) is 0.0557. The summed E-state index contributed by atoms with van der Waals surface area (Å²) in [4.78, 5) is 27.8. The number of fused-ring (bicyclic) bond motifs is 1. The van der Waals surface area contributed by atoms with Crippen LogP contribution in [-0.4, -0.2) is 29.9 Å². The lowest BCUT2D eigenvalue weighted by atomic mass is 10.1. The van der Waals surface area contributed by atoms with E-state index in [9.17, 15) is 14.0 Å². The van der Waals surface area contributed by atoms with Crippen molar-refractivity contribution in [3.05, 3.63) is 53.3 Å². The van der Waals surface area contributed by atoms with Crippen LogP contribution < -0.4 is 10.6 Å². The third-order valence-corrected chi connectivity index (χ3v) is 4.75. The van der Waals surface area contributed by atoms with Crippen LogP contribution in [0, 0.1) is 17.1 Å². The van der Waals surface area contributed by atoms with Crippen molar-refractivity contribution < 1.29 is 14.0 Å². The highest BCUT2D eigenvalue weighted by Gasteiger charge is 2.11. The van der Waals surface area contributed by atoms with Gasteiger partial charge in [0.1, 0.15) is 17.4 Å². The molecule has 0 bridgehead atoms.